The number of carboxylic acid groups (broad SMARTS) is 2. The van der Waals surface area contributed by atoms with Gasteiger partial charge in [-0.05, 0) is 75.3 Å². The summed E-state index contributed by atoms with van der Waals surface area (Å²) in [7, 11) is 0. The fourth-order valence-corrected chi connectivity index (χ4v) is 4.14. The van der Waals surface area contributed by atoms with Gasteiger partial charge >= 0.3 is 11.9 Å². The van der Waals surface area contributed by atoms with Crippen LogP contribution in [0.1, 0.15) is 29.6 Å². The second kappa shape index (κ2) is 13.2. The van der Waals surface area contributed by atoms with Crippen LogP contribution >= 0.6 is 0 Å². The second-order valence-electron chi connectivity index (χ2n) is 8.61. The molecule has 1 fully saturated rings. The number of carbonyl (C=O) groups is 3. The molecule has 1 saturated heterocycles. The number of fused-ring (bicyclic) bond motifs is 1. The van der Waals surface area contributed by atoms with Crippen molar-refractivity contribution in [1.29, 1.82) is 0 Å². The number of nitrogens with zero attached hydrogens (tertiary/aromatic N) is 3. The van der Waals surface area contributed by atoms with Crippen LogP contribution in [0.3, 0.4) is 0 Å². The van der Waals surface area contributed by atoms with Crippen molar-refractivity contribution >= 4 is 28.6 Å². The Labute approximate surface area is 212 Å². The highest BCUT2D eigenvalue weighted by atomic mass is 19.1. The lowest BCUT2D eigenvalue weighted by Gasteiger charge is -2.31. The van der Waals surface area contributed by atoms with Gasteiger partial charge in [-0.1, -0.05) is 12.1 Å². The number of Topliss-reactive ketones (excluding diaryl/α,β-unsaturated/α-hetero) is 1. The zero-order chi connectivity index (χ0) is 26.8. The number of para-hydroxylation sites is 1. The van der Waals surface area contributed by atoms with E-state index in [9.17, 15) is 23.6 Å². The third kappa shape index (κ3) is 8.18. The molecule has 1 aromatic heterocycles. The number of piperidine rings is 1. The predicted octanol–water partition coefficient (Wildman–Crippen LogP) is 3.23. The molecular weight excluding hydrogens is 481 g/mol. The molecule has 10 heteroatoms. The predicted molar refractivity (Wildman–Crippen MR) is 135 cm³/mol. The quantitative estimate of drug-likeness (QED) is 0.350. The molecule has 0 atom stereocenters. The number of aryl methyl sites for hydroxylation is 1. The van der Waals surface area contributed by atoms with Gasteiger partial charge in [-0.3, -0.25) is 14.2 Å². The third-order valence-electron chi connectivity index (χ3n) is 6.06. The monoisotopic (exact) mass is 509 g/mol. The average molecular weight is 510 g/mol. The van der Waals surface area contributed by atoms with Crippen molar-refractivity contribution < 1.29 is 29.0 Å². The molecule has 0 amide bonds. The summed E-state index contributed by atoms with van der Waals surface area (Å²) in [5.41, 5.74) is 1.31. The minimum atomic E-state index is -1.26. The van der Waals surface area contributed by atoms with Crippen LogP contribution in [-0.2, 0) is 16.1 Å². The van der Waals surface area contributed by atoms with Gasteiger partial charge in [0, 0.05) is 30.2 Å². The van der Waals surface area contributed by atoms with Crippen molar-refractivity contribution in [3.8, 4) is 0 Å². The molecule has 194 valence electrons. The number of carboxylic acids is 2. The van der Waals surface area contributed by atoms with Crippen LogP contribution in [0.25, 0.3) is 10.9 Å². The molecule has 2 aromatic carbocycles. The maximum Gasteiger partial charge on any atom is 0.328 e. The number of carbonyl (C=O) groups excluding carboxylic acids is 1. The van der Waals surface area contributed by atoms with E-state index in [1.54, 1.807) is 23.0 Å². The molecule has 0 bridgehead atoms. The number of aliphatic carboxylic acids is 2. The van der Waals surface area contributed by atoms with Crippen molar-refractivity contribution in [1.82, 2.24) is 14.5 Å². The molecule has 1 aliphatic heterocycles. The van der Waals surface area contributed by atoms with Gasteiger partial charge in [-0.25, -0.2) is 19.0 Å². The number of rotatable bonds is 8. The first-order valence-corrected chi connectivity index (χ1v) is 11.8. The molecular formula is C27H28FN3O6. The smallest absolute Gasteiger partial charge is 0.328 e. The van der Waals surface area contributed by atoms with Crippen LogP contribution in [0.2, 0.25) is 0 Å². The van der Waals surface area contributed by atoms with E-state index in [4.69, 9.17) is 10.2 Å². The molecule has 3 aromatic rings. The lowest BCUT2D eigenvalue weighted by Crippen LogP contribution is -2.37. The molecule has 0 unspecified atom stereocenters. The Hall–Kier alpha value is -4.18. The largest absolute Gasteiger partial charge is 0.478 e. The second-order valence-corrected chi connectivity index (χ2v) is 8.61. The lowest BCUT2D eigenvalue weighted by molar-refractivity contribution is -0.134. The Balaban J connectivity index is 0.000000414. The van der Waals surface area contributed by atoms with Crippen LogP contribution in [0, 0.1) is 11.7 Å². The molecule has 0 saturated carbocycles. The van der Waals surface area contributed by atoms with Gasteiger partial charge in [0.25, 0.3) is 5.56 Å². The van der Waals surface area contributed by atoms with E-state index < -0.39 is 11.9 Å². The molecule has 37 heavy (non-hydrogen) atoms. The fraction of sp³-hybridized carbons (Fsp3) is 0.296. The first-order chi connectivity index (χ1) is 17.7. The first kappa shape index (κ1) is 27.4. The van der Waals surface area contributed by atoms with Gasteiger partial charge in [0.1, 0.15) is 5.82 Å². The molecule has 0 radical (unpaired) electrons. The van der Waals surface area contributed by atoms with Crippen molar-refractivity contribution in [2.45, 2.75) is 25.8 Å². The van der Waals surface area contributed by atoms with Gasteiger partial charge < -0.3 is 15.1 Å². The summed E-state index contributed by atoms with van der Waals surface area (Å²) in [5.74, 6) is -2.72. The number of benzene rings is 2. The topological polar surface area (TPSA) is 130 Å². The zero-order valence-corrected chi connectivity index (χ0v) is 20.1. The number of halogens is 1. The number of aromatic nitrogens is 2. The van der Waals surface area contributed by atoms with Crippen LogP contribution in [0.5, 0.6) is 0 Å². The molecule has 4 rings (SSSR count). The van der Waals surface area contributed by atoms with E-state index in [1.165, 1.54) is 12.1 Å². The van der Waals surface area contributed by atoms with E-state index in [-0.39, 0.29) is 23.1 Å². The van der Waals surface area contributed by atoms with E-state index in [0.29, 0.717) is 29.6 Å². The van der Waals surface area contributed by atoms with Crippen LogP contribution in [0.4, 0.5) is 4.39 Å². The molecule has 0 aliphatic carbocycles. The maximum atomic E-state index is 13.0. The highest BCUT2D eigenvalue weighted by molar-refractivity contribution is 5.97. The highest BCUT2D eigenvalue weighted by Gasteiger charge is 2.25. The minimum absolute atomic E-state index is 0.000738. The Morgan fingerprint density at radius 1 is 0.946 bits per heavy atom. The Bertz CT molecular complexity index is 1310. The van der Waals surface area contributed by atoms with E-state index in [1.807, 2.05) is 24.3 Å². The molecule has 1 aliphatic rings. The SMILES string of the molecule is O=C(O)/C=C/C(=O)O.O=C(c1ccc(F)cc1)C1CCN(CCCn2cnc3ccccc3c2=O)CC1. The number of hydrogen-bond acceptors (Lipinski definition) is 6. The van der Waals surface area contributed by atoms with Crippen LogP contribution in [0.15, 0.2) is 71.8 Å². The third-order valence-corrected chi connectivity index (χ3v) is 6.06. The lowest BCUT2D eigenvalue weighted by atomic mass is 9.89. The normalized spacial score (nSPS) is 14.3. The van der Waals surface area contributed by atoms with E-state index in [2.05, 4.69) is 9.88 Å². The fourth-order valence-electron chi connectivity index (χ4n) is 4.14. The summed E-state index contributed by atoms with van der Waals surface area (Å²) >= 11 is 0. The maximum absolute atomic E-state index is 13.0. The highest BCUT2D eigenvalue weighted by Crippen LogP contribution is 2.22. The van der Waals surface area contributed by atoms with Crippen molar-refractivity contribution in [3.63, 3.8) is 0 Å². The summed E-state index contributed by atoms with van der Waals surface area (Å²) in [6, 6.07) is 13.2. The van der Waals surface area contributed by atoms with E-state index >= 15 is 0 Å². The molecule has 0 spiro atoms. The molecule has 9 nitrogen and oxygen atoms in total. The number of ketones is 1. The Kier molecular flexibility index (Phi) is 9.79. The molecule has 2 heterocycles. The summed E-state index contributed by atoms with van der Waals surface area (Å²) in [4.78, 5) is 50.9. The van der Waals surface area contributed by atoms with Gasteiger partial charge in [0.05, 0.1) is 17.2 Å². The summed E-state index contributed by atoms with van der Waals surface area (Å²) in [6.07, 6.45) is 5.22. The molecule has 2 N–H and O–H groups in total. The van der Waals surface area contributed by atoms with E-state index in [0.717, 1.165) is 44.4 Å². The zero-order valence-electron chi connectivity index (χ0n) is 20.1. The van der Waals surface area contributed by atoms with Crippen molar-refractivity contribution in [2.24, 2.45) is 5.92 Å². The minimum Gasteiger partial charge on any atom is -0.478 e. The van der Waals surface area contributed by atoms with Gasteiger partial charge in [-0.15, -0.1) is 0 Å². The van der Waals surface area contributed by atoms with Crippen molar-refractivity contribution in [2.75, 3.05) is 19.6 Å². The first-order valence-electron chi connectivity index (χ1n) is 11.8. The Morgan fingerprint density at radius 2 is 1.57 bits per heavy atom. The summed E-state index contributed by atoms with van der Waals surface area (Å²) in [5, 5.41) is 16.3. The summed E-state index contributed by atoms with van der Waals surface area (Å²) < 4.78 is 14.7. The number of likely N-dealkylation sites (tertiary alicyclic amines) is 1. The Morgan fingerprint density at radius 3 is 2.19 bits per heavy atom. The van der Waals surface area contributed by atoms with Gasteiger partial charge in [0.15, 0.2) is 5.78 Å². The standard InChI is InChI=1S/C23H24FN3O2.C4H4O4/c24-19-8-6-17(7-9-19)22(28)18-10-14-26(15-11-18)12-3-13-27-16-25-21-5-2-1-4-20(21)23(27)29;5-3(6)1-2-4(7)8/h1-2,4-9,16,18H,3,10-15H2;1-2H,(H,5,6)(H,7,8)/b;2-1+. The van der Waals surface area contributed by atoms with Crippen molar-refractivity contribution in [3.05, 3.63) is 88.7 Å². The van der Waals surface area contributed by atoms with Crippen LogP contribution in [-0.4, -0.2) is 62.0 Å². The van der Waals surface area contributed by atoms with Gasteiger partial charge in [0.2, 0.25) is 0 Å². The average Bonchev–Trinajstić information content (AvgIpc) is 2.90. The number of hydrogen-bond donors (Lipinski definition) is 2. The van der Waals surface area contributed by atoms with Gasteiger partial charge in [-0.2, -0.15) is 0 Å². The summed E-state index contributed by atoms with van der Waals surface area (Å²) in [6.45, 7) is 3.24. The van der Waals surface area contributed by atoms with Crippen LogP contribution < -0.4 is 5.56 Å².